The Balaban J connectivity index is 1.18. The summed E-state index contributed by atoms with van der Waals surface area (Å²) in [5, 5.41) is 10.7. The fraction of sp³-hybridized carbons (Fsp3) is 0.222. The van der Waals surface area contributed by atoms with Gasteiger partial charge >= 0.3 is 0 Å². The lowest BCUT2D eigenvalue weighted by Gasteiger charge is -2.36. The molecule has 0 atom stereocenters. The lowest BCUT2D eigenvalue weighted by Crippen LogP contribution is -2.47. The van der Waals surface area contributed by atoms with Crippen LogP contribution in [0.5, 0.6) is 11.5 Å². The zero-order valence-electron chi connectivity index (χ0n) is 18.6. The molecule has 5 rings (SSSR count). The maximum Gasteiger partial charge on any atom is 0.200 e. The minimum Gasteiger partial charge on any atom is -0.508 e. The average Bonchev–Trinajstić information content (AvgIpc) is 2.85. The summed E-state index contributed by atoms with van der Waals surface area (Å²) in [7, 11) is 0. The Kier molecular flexibility index (Phi) is 6.43. The molecule has 0 aliphatic carbocycles. The van der Waals surface area contributed by atoms with E-state index in [9.17, 15) is 9.90 Å². The molecule has 1 aliphatic rings. The van der Waals surface area contributed by atoms with Gasteiger partial charge in [-0.15, -0.1) is 0 Å². The van der Waals surface area contributed by atoms with Gasteiger partial charge in [-0.2, -0.15) is 0 Å². The zero-order valence-corrected chi connectivity index (χ0v) is 19.4. The van der Waals surface area contributed by atoms with E-state index in [4.69, 9.17) is 20.8 Å². The minimum atomic E-state index is -0.115. The van der Waals surface area contributed by atoms with Crippen molar-refractivity contribution < 1.29 is 14.3 Å². The van der Waals surface area contributed by atoms with Crippen molar-refractivity contribution in [2.75, 3.05) is 44.2 Å². The van der Waals surface area contributed by atoms with Crippen LogP contribution in [0.15, 0.2) is 82.2 Å². The van der Waals surface area contributed by atoms with Gasteiger partial charge < -0.3 is 19.2 Å². The van der Waals surface area contributed by atoms with Crippen LogP contribution in [0.4, 0.5) is 5.69 Å². The Morgan fingerprint density at radius 3 is 2.53 bits per heavy atom. The second-order valence-corrected chi connectivity index (χ2v) is 8.78. The molecule has 0 amide bonds. The van der Waals surface area contributed by atoms with E-state index in [1.165, 1.54) is 6.26 Å². The van der Waals surface area contributed by atoms with E-state index in [2.05, 4.69) is 15.9 Å². The van der Waals surface area contributed by atoms with Crippen molar-refractivity contribution >= 4 is 28.3 Å². The number of nitrogens with zero attached hydrogens (tertiary/aromatic N) is 2. The average molecular weight is 477 g/mol. The largest absolute Gasteiger partial charge is 0.508 e. The highest BCUT2D eigenvalue weighted by Gasteiger charge is 2.17. The molecule has 0 bridgehead atoms. The van der Waals surface area contributed by atoms with E-state index in [0.29, 0.717) is 34.5 Å². The molecule has 0 radical (unpaired) electrons. The Hall–Kier alpha value is -3.48. The molecule has 1 aliphatic heterocycles. The molecule has 1 aromatic heterocycles. The Labute approximate surface area is 202 Å². The summed E-state index contributed by atoms with van der Waals surface area (Å²) in [5.41, 5.74) is 2.69. The third-order valence-corrected chi connectivity index (χ3v) is 6.38. The van der Waals surface area contributed by atoms with E-state index in [1.54, 1.807) is 42.5 Å². The summed E-state index contributed by atoms with van der Waals surface area (Å²) >= 11 is 6.12. The third kappa shape index (κ3) is 4.88. The second-order valence-electron chi connectivity index (χ2n) is 8.34. The van der Waals surface area contributed by atoms with Gasteiger partial charge in [-0.05, 0) is 48.0 Å². The van der Waals surface area contributed by atoms with Crippen molar-refractivity contribution in [1.82, 2.24) is 4.90 Å². The highest BCUT2D eigenvalue weighted by molar-refractivity contribution is 6.30. The zero-order chi connectivity index (χ0) is 23.5. The minimum absolute atomic E-state index is 0.115. The summed E-state index contributed by atoms with van der Waals surface area (Å²) in [5.74, 6) is 0.823. The van der Waals surface area contributed by atoms with Crippen LogP contribution in [0.3, 0.4) is 0 Å². The Morgan fingerprint density at radius 1 is 0.971 bits per heavy atom. The first-order chi connectivity index (χ1) is 16.6. The van der Waals surface area contributed by atoms with Crippen LogP contribution in [0, 0.1) is 0 Å². The number of anilines is 1. The monoisotopic (exact) mass is 476 g/mol. The number of fused-ring (bicyclic) bond motifs is 1. The number of ether oxygens (including phenoxy) is 1. The van der Waals surface area contributed by atoms with Crippen LogP contribution >= 0.6 is 11.6 Å². The molecule has 6 nitrogen and oxygen atoms in total. The third-order valence-electron chi connectivity index (χ3n) is 6.15. The predicted molar refractivity (Wildman–Crippen MR) is 135 cm³/mol. The second kappa shape index (κ2) is 9.79. The smallest absolute Gasteiger partial charge is 0.200 e. The number of hydrogen-bond acceptors (Lipinski definition) is 6. The quantitative estimate of drug-likeness (QED) is 0.421. The number of piperazine rings is 1. The number of hydrogen-bond donors (Lipinski definition) is 1. The van der Waals surface area contributed by atoms with E-state index >= 15 is 0 Å². The number of aromatic hydroxyl groups is 1. The molecule has 3 aromatic carbocycles. The van der Waals surface area contributed by atoms with Crippen LogP contribution in [-0.4, -0.2) is 49.3 Å². The normalized spacial score (nSPS) is 14.4. The van der Waals surface area contributed by atoms with Crippen LogP contribution < -0.4 is 15.1 Å². The molecule has 1 N–H and O–H groups in total. The molecule has 4 aromatic rings. The van der Waals surface area contributed by atoms with Gasteiger partial charge in [0.05, 0.1) is 10.9 Å². The standard InChI is InChI=1S/C27H25ClN2O4/c28-20-2-1-3-21(16-20)30-12-10-29(11-13-30)14-15-33-23-8-9-24-26(17-23)34-18-25(27(24)32)19-4-6-22(31)7-5-19/h1-9,16-18,31H,10-15H2. The van der Waals surface area contributed by atoms with Crippen molar-refractivity contribution in [3.8, 4) is 22.6 Å². The fourth-order valence-electron chi connectivity index (χ4n) is 4.23. The van der Waals surface area contributed by atoms with Crippen LogP contribution in [-0.2, 0) is 0 Å². The van der Waals surface area contributed by atoms with Gasteiger partial charge in [0.1, 0.15) is 30.0 Å². The molecule has 1 fully saturated rings. The first-order valence-electron chi connectivity index (χ1n) is 11.3. The molecular formula is C27H25ClN2O4. The summed E-state index contributed by atoms with van der Waals surface area (Å²) in [6, 6.07) is 19.8. The SMILES string of the molecule is O=c1c(-c2ccc(O)cc2)coc2cc(OCCN3CCN(c4cccc(Cl)c4)CC3)ccc12. The van der Waals surface area contributed by atoms with Crippen LogP contribution in [0.25, 0.3) is 22.1 Å². The van der Waals surface area contributed by atoms with Crippen LogP contribution in [0.1, 0.15) is 0 Å². The number of rotatable bonds is 6. The molecule has 1 saturated heterocycles. The summed E-state index contributed by atoms with van der Waals surface area (Å²) in [6.07, 6.45) is 1.46. The maximum absolute atomic E-state index is 12.9. The van der Waals surface area contributed by atoms with Crippen molar-refractivity contribution in [3.63, 3.8) is 0 Å². The van der Waals surface area contributed by atoms with Gasteiger partial charge in [0, 0.05) is 49.5 Å². The van der Waals surface area contributed by atoms with Gasteiger partial charge in [0.2, 0.25) is 0 Å². The van der Waals surface area contributed by atoms with E-state index in [1.807, 2.05) is 18.2 Å². The molecular weight excluding hydrogens is 452 g/mol. The topological polar surface area (TPSA) is 66.2 Å². The number of phenolic OH excluding ortho intramolecular Hbond substituents is 1. The van der Waals surface area contributed by atoms with Crippen molar-refractivity contribution in [2.24, 2.45) is 0 Å². The van der Waals surface area contributed by atoms with Crippen LogP contribution in [0.2, 0.25) is 5.02 Å². The Bertz CT molecular complexity index is 1350. The number of phenols is 1. The molecule has 34 heavy (non-hydrogen) atoms. The molecule has 0 spiro atoms. The molecule has 0 unspecified atom stereocenters. The Morgan fingerprint density at radius 2 is 1.76 bits per heavy atom. The maximum atomic E-state index is 12.9. The molecule has 7 heteroatoms. The summed E-state index contributed by atoms with van der Waals surface area (Å²) in [6.45, 7) is 5.20. The number of halogens is 1. The summed E-state index contributed by atoms with van der Waals surface area (Å²) < 4.78 is 11.7. The van der Waals surface area contributed by atoms with E-state index < -0.39 is 0 Å². The van der Waals surface area contributed by atoms with Gasteiger partial charge in [0.25, 0.3) is 0 Å². The van der Waals surface area contributed by atoms with Gasteiger partial charge in [-0.25, -0.2) is 0 Å². The lowest BCUT2D eigenvalue weighted by atomic mass is 10.1. The van der Waals surface area contributed by atoms with Gasteiger partial charge in [-0.1, -0.05) is 29.8 Å². The highest BCUT2D eigenvalue weighted by Crippen LogP contribution is 2.25. The summed E-state index contributed by atoms with van der Waals surface area (Å²) in [4.78, 5) is 17.6. The first kappa shape index (κ1) is 22.3. The molecule has 0 saturated carbocycles. The first-order valence-corrected chi connectivity index (χ1v) is 11.7. The predicted octanol–water partition coefficient (Wildman–Crippen LogP) is 5.02. The van der Waals surface area contributed by atoms with Crippen molar-refractivity contribution in [2.45, 2.75) is 0 Å². The van der Waals surface area contributed by atoms with E-state index in [-0.39, 0.29) is 11.2 Å². The number of benzene rings is 3. The molecule has 174 valence electrons. The van der Waals surface area contributed by atoms with Gasteiger partial charge in [0.15, 0.2) is 5.43 Å². The fourth-order valence-corrected chi connectivity index (χ4v) is 4.42. The van der Waals surface area contributed by atoms with Crippen molar-refractivity contribution in [1.29, 1.82) is 0 Å². The molecule has 2 heterocycles. The van der Waals surface area contributed by atoms with Crippen molar-refractivity contribution in [3.05, 3.63) is 88.2 Å². The lowest BCUT2D eigenvalue weighted by molar-refractivity contribution is 0.200. The van der Waals surface area contributed by atoms with Gasteiger partial charge in [-0.3, -0.25) is 9.69 Å². The highest BCUT2D eigenvalue weighted by atomic mass is 35.5. The van der Waals surface area contributed by atoms with E-state index in [0.717, 1.165) is 43.4 Å².